The van der Waals surface area contributed by atoms with Crippen LogP contribution in [0.4, 0.5) is 5.82 Å². The van der Waals surface area contributed by atoms with Crippen LogP contribution in [0.25, 0.3) is 0 Å². The highest BCUT2D eigenvalue weighted by molar-refractivity contribution is 5.33. The number of likely N-dealkylation sites (tertiary alicyclic amines) is 1. The van der Waals surface area contributed by atoms with Crippen LogP contribution in [0.1, 0.15) is 38.3 Å². The van der Waals surface area contributed by atoms with Crippen molar-refractivity contribution >= 4 is 5.82 Å². The van der Waals surface area contributed by atoms with Crippen LogP contribution < -0.4 is 11.3 Å². The number of nitrogen functional groups attached to an aromatic ring is 1. The first-order valence-electron chi connectivity index (χ1n) is 6.96. The van der Waals surface area contributed by atoms with Crippen molar-refractivity contribution in [3.05, 3.63) is 23.9 Å². The minimum absolute atomic E-state index is 0.744. The standard InChI is InChI=1S/C14H24N4/c1-2-4-12-7-9-18(10-8-12)11-13-5-3-6-14(16-13)17-15/h3,5-6,12H,2,4,7-11,15H2,1H3,(H,16,17). The average Bonchev–Trinajstić information content (AvgIpc) is 2.42. The largest absolute Gasteiger partial charge is 0.308 e. The topological polar surface area (TPSA) is 54.2 Å². The summed E-state index contributed by atoms with van der Waals surface area (Å²) in [6.45, 7) is 5.62. The van der Waals surface area contributed by atoms with Crippen molar-refractivity contribution in [1.82, 2.24) is 9.88 Å². The number of nitrogens with zero attached hydrogens (tertiary/aromatic N) is 2. The van der Waals surface area contributed by atoms with E-state index < -0.39 is 0 Å². The van der Waals surface area contributed by atoms with Gasteiger partial charge in [0.1, 0.15) is 5.82 Å². The number of hydrazine groups is 1. The van der Waals surface area contributed by atoms with E-state index in [0.717, 1.165) is 24.0 Å². The quantitative estimate of drug-likeness (QED) is 0.620. The Hall–Kier alpha value is -1.13. The minimum Gasteiger partial charge on any atom is -0.308 e. The molecule has 0 aromatic carbocycles. The molecule has 0 aliphatic carbocycles. The van der Waals surface area contributed by atoms with Gasteiger partial charge in [-0.1, -0.05) is 25.8 Å². The van der Waals surface area contributed by atoms with Crippen molar-refractivity contribution in [1.29, 1.82) is 0 Å². The predicted molar refractivity (Wildman–Crippen MR) is 75.0 cm³/mol. The zero-order valence-electron chi connectivity index (χ0n) is 11.2. The number of nitrogens with two attached hydrogens (primary N) is 1. The number of anilines is 1. The Balaban J connectivity index is 1.83. The van der Waals surface area contributed by atoms with Crippen LogP contribution in [-0.2, 0) is 6.54 Å². The Kier molecular flexibility index (Phi) is 4.96. The van der Waals surface area contributed by atoms with Gasteiger partial charge in [-0.15, -0.1) is 0 Å². The maximum atomic E-state index is 5.38. The third-order valence-electron chi connectivity index (χ3n) is 3.74. The number of pyridine rings is 1. The second-order valence-electron chi connectivity index (χ2n) is 5.17. The summed E-state index contributed by atoms with van der Waals surface area (Å²) in [5.74, 6) is 7.06. The fraction of sp³-hybridized carbons (Fsp3) is 0.643. The fourth-order valence-corrected chi connectivity index (χ4v) is 2.72. The van der Waals surface area contributed by atoms with Crippen LogP contribution in [0.5, 0.6) is 0 Å². The highest BCUT2D eigenvalue weighted by atomic mass is 15.3. The van der Waals surface area contributed by atoms with Crippen molar-refractivity contribution in [2.45, 2.75) is 39.2 Å². The summed E-state index contributed by atoms with van der Waals surface area (Å²) in [5, 5.41) is 0. The lowest BCUT2D eigenvalue weighted by Gasteiger charge is -2.31. The molecule has 0 amide bonds. The maximum absolute atomic E-state index is 5.38. The summed E-state index contributed by atoms with van der Waals surface area (Å²) in [5.41, 5.74) is 3.70. The Bertz CT molecular complexity index is 359. The highest BCUT2D eigenvalue weighted by Crippen LogP contribution is 2.22. The molecular weight excluding hydrogens is 224 g/mol. The van der Waals surface area contributed by atoms with Gasteiger partial charge in [0.25, 0.3) is 0 Å². The monoisotopic (exact) mass is 248 g/mol. The molecule has 18 heavy (non-hydrogen) atoms. The molecule has 1 saturated heterocycles. The molecule has 0 radical (unpaired) electrons. The van der Waals surface area contributed by atoms with Crippen molar-refractivity contribution < 1.29 is 0 Å². The van der Waals surface area contributed by atoms with Gasteiger partial charge in [0.15, 0.2) is 0 Å². The number of hydrogen-bond donors (Lipinski definition) is 2. The molecule has 0 unspecified atom stereocenters. The van der Waals surface area contributed by atoms with E-state index in [1.165, 1.54) is 38.8 Å². The zero-order valence-corrected chi connectivity index (χ0v) is 11.2. The van der Waals surface area contributed by atoms with Crippen LogP contribution >= 0.6 is 0 Å². The molecule has 100 valence electrons. The van der Waals surface area contributed by atoms with Gasteiger partial charge >= 0.3 is 0 Å². The van der Waals surface area contributed by atoms with E-state index in [9.17, 15) is 0 Å². The maximum Gasteiger partial charge on any atom is 0.140 e. The van der Waals surface area contributed by atoms with E-state index in [-0.39, 0.29) is 0 Å². The highest BCUT2D eigenvalue weighted by Gasteiger charge is 2.18. The first kappa shape index (κ1) is 13.3. The normalized spacial score (nSPS) is 17.9. The van der Waals surface area contributed by atoms with Gasteiger partial charge in [0.05, 0.1) is 5.69 Å². The van der Waals surface area contributed by atoms with Crippen molar-refractivity contribution in [3.8, 4) is 0 Å². The third kappa shape index (κ3) is 3.68. The summed E-state index contributed by atoms with van der Waals surface area (Å²) in [6.07, 6.45) is 5.38. The average molecular weight is 248 g/mol. The zero-order chi connectivity index (χ0) is 12.8. The van der Waals surface area contributed by atoms with Gasteiger partial charge < -0.3 is 5.43 Å². The molecule has 2 heterocycles. The third-order valence-corrected chi connectivity index (χ3v) is 3.74. The SMILES string of the molecule is CCCC1CCN(Cc2cccc(NN)n2)CC1. The summed E-state index contributed by atoms with van der Waals surface area (Å²) in [6, 6.07) is 5.96. The molecule has 2 rings (SSSR count). The van der Waals surface area contributed by atoms with Gasteiger partial charge in [-0.2, -0.15) is 0 Å². The van der Waals surface area contributed by atoms with Gasteiger partial charge in [0, 0.05) is 6.54 Å². The van der Waals surface area contributed by atoms with Gasteiger partial charge in [-0.05, 0) is 44.0 Å². The van der Waals surface area contributed by atoms with Crippen LogP contribution in [0.3, 0.4) is 0 Å². The minimum atomic E-state index is 0.744. The first-order chi connectivity index (χ1) is 8.81. The van der Waals surface area contributed by atoms with E-state index in [4.69, 9.17) is 5.84 Å². The Morgan fingerprint density at radius 2 is 2.17 bits per heavy atom. The number of nitrogens with one attached hydrogen (secondary N) is 1. The lowest BCUT2D eigenvalue weighted by atomic mass is 9.92. The molecule has 0 spiro atoms. The van der Waals surface area contributed by atoms with Crippen molar-refractivity contribution in [2.24, 2.45) is 11.8 Å². The molecule has 0 atom stereocenters. The van der Waals surface area contributed by atoms with E-state index >= 15 is 0 Å². The number of rotatable bonds is 5. The fourth-order valence-electron chi connectivity index (χ4n) is 2.72. The molecule has 4 nitrogen and oxygen atoms in total. The summed E-state index contributed by atoms with van der Waals surface area (Å²) < 4.78 is 0. The van der Waals surface area contributed by atoms with Gasteiger partial charge in [-0.25, -0.2) is 10.8 Å². The second-order valence-corrected chi connectivity index (χ2v) is 5.17. The summed E-state index contributed by atoms with van der Waals surface area (Å²) in [7, 11) is 0. The first-order valence-corrected chi connectivity index (χ1v) is 6.96. The Morgan fingerprint density at radius 1 is 1.39 bits per heavy atom. The van der Waals surface area contributed by atoms with Gasteiger partial charge in [-0.3, -0.25) is 4.90 Å². The lowest BCUT2D eigenvalue weighted by Crippen LogP contribution is -2.33. The number of hydrogen-bond acceptors (Lipinski definition) is 4. The number of piperidine rings is 1. The molecule has 1 aromatic heterocycles. The van der Waals surface area contributed by atoms with E-state index in [1.54, 1.807) is 0 Å². The smallest absolute Gasteiger partial charge is 0.140 e. The molecule has 4 heteroatoms. The molecule has 3 N–H and O–H groups in total. The van der Waals surface area contributed by atoms with E-state index in [0.29, 0.717) is 0 Å². The Morgan fingerprint density at radius 3 is 2.83 bits per heavy atom. The van der Waals surface area contributed by atoms with Crippen molar-refractivity contribution in [2.75, 3.05) is 18.5 Å². The van der Waals surface area contributed by atoms with Crippen LogP contribution in [-0.4, -0.2) is 23.0 Å². The van der Waals surface area contributed by atoms with Crippen LogP contribution in [0, 0.1) is 5.92 Å². The van der Waals surface area contributed by atoms with Crippen molar-refractivity contribution in [3.63, 3.8) is 0 Å². The molecule has 1 aliphatic rings. The van der Waals surface area contributed by atoms with Gasteiger partial charge in [0.2, 0.25) is 0 Å². The molecule has 1 aromatic rings. The molecular formula is C14H24N4. The Labute approximate surface area is 110 Å². The lowest BCUT2D eigenvalue weighted by molar-refractivity contribution is 0.170. The number of aromatic nitrogens is 1. The van der Waals surface area contributed by atoms with Crippen LogP contribution in [0.15, 0.2) is 18.2 Å². The summed E-state index contributed by atoms with van der Waals surface area (Å²) >= 11 is 0. The molecule has 0 saturated carbocycles. The molecule has 1 fully saturated rings. The summed E-state index contributed by atoms with van der Waals surface area (Å²) in [4.78, 5) is 6.96. The van der Waals surface area contributed by atoms with E-state index in [2.05, 4.69) is 28.3 Å². The molecule has 1 aliphatic heterocycles. The second kappa shape index (κ2) is 6.71. The predicted octanol–water partition coefficient (Wildman–Crippen LogP) is 2.38. The molecule has 0 bridgehead atoms. The van der Waals surface area contributed by atoms with E-state index in [1.807, 2.05) is 12.1 Å². The van der Waals surface area contributed by atoms with Crippen LogP contribution in [0.2, 0.25) is 0 Å².